The van der Waals surface area contributed by atoms with Crippen LogP contribution in [0.25, 0.3) is 11.0 Å². The Balaban J connectivity index is 1.67. The molecular weight excluding hydrogens is 511 g/mol. The fourth-order valence-corrected chi connectivity index (χ4v) is 5.29. The Kier molecular flexibility index (Phi) is 6.81. The number of hydrogen-bond donors (Lipinski definition) is 0. The van der Waals surface area contributed by atoms with Gasteiger partial charge in [-0.3, -0.25) is 14.5 Å². The second kappa shape index (κ2) is 10.2. The van der Waals surface area contributed by atoms with Gasteiger partial charge in [0, 0.05) is 0 Å². The van der Waals surface area contributed by atoms with E-state index in [1.165, 1.54) is 17.0 Å². The van der Waals surface area contributed by atoms with E-state index in [2.05, 4.69) is 11.6 Å². The summed E-state index contributed by atoms with van der Waals surface area (Å²) < 4.78 is 30.7. The molecule has 2 aromatic heterocycles. The van der Waals surface area contributed by atoms with Crippen molar-refractivity contribution in [3.63, 3.8) is 0 Å². The van der Waals surface area contributed by atoms with Crippen LogP contribution >= 0.6 is 11.3 Å². The molecule has 38 heavy (non-hydrogen) atoms. The van der Waals surface area contributed by atoms with E-state index in [-0.39, 0.29) is 38.9 Å². The first-order chi connectivity index (χ1) is 18.3. The van der Waals surface area contributed by atoms with Crippen molar-refractivity contribution in [1.82, 2.24) is 4.98 Å². The number of rotatable bonds is 8. The zero-order valence-corrected chi connectivity index (χ0v) is 21.5. The molecule has 0 saturated carbocycles. The van der Waals surface area contributed by atoms with E-state index < -0.39 is 29.2 Å². The average molecular weight is 535 g/mol. The molecular formula is C28H23FN2O6S. The summed E-state index contributed by atoms with van der Waals surface area (Å²) in [5.74, 6) is -1.32. The number of halogens is 1. The molecule has 1 aliphatic heterocycles. The van der Waals surface area contributed by atoms with E-state index in [1.54, 1.807) is 31.2 Å². The lowest BCUT2D eigenvalue weighted by atomic mass is 9.98. The van der Waals surface area contributed by atoms with E-state index in [1.807, 2.05) is 6.92 Å². The second-order valence-electron chi connectivity index (χ2n) is 8.61. The quantitative estimate of drug-likeness (QED) is 0.215. The highest BCUT2D eigenvalue weighted by molar-refractivity contribution is 7.17. The summed E-state index contributed by atoms with van der Waals surface area (Å²) >= 11 is 0.972. The van der Waals surface area contributed by atoms with Gasteiger partial charge in [-0.25, -0.2) is 14.2 Å². The van der Waals surface area contributed by atoms with Crippen LogP contribution < -0.4 is 15.1 Å². The van der Waals surface area contributed by atoms with Crippen molar-refractivity contribution in [2.75, 3.05) is 18.1 Å². The lowest BCUT2D eigenvalue weighted by molar-refractivity contribution is 0.0554. The fraction of sp³-hybridized carbons (Fsp3) is 0.214. The number of carbonyl (C=O) groups is 2. The maximum Gasteiger partial charge on any atom is 0.350 e. The van der Waals surface area contributed by atoms with Crippen molar-refractivity contribution in [1.29, 1.82) is 0 Å². The minimum atomic E-state index is -0.927. The minimum absolute atomic E-state index is 0.0234. The first kappa shape index (κ1) is 25.3. The Morgan fingerprint density at radius 1 is 1.24 bits per heavy atom. The molecule has 1 aliphatic rings. The van der Waals surface area contributed by atoms with Crippen LogP contribution in [0.3, 0.4) is 0 Å². The molecule has 0 radical (unpaired) electrons. The Morgan fingerprint density at radius 3 is 2.71 bits per heavy atom. The highest BCUT2D eigenvalue weighted by Gasteiger charge is 2.45. The number of anilines is 1. The number of ether oxygens (including phenoxy) is 2. The largest absolute Gasteiger partial charge is 0.494 e. The molecule has 1 amide bonds. The van der Waals surface area contributed by atoms with E-state index >= 15 is 0 Å². The van der Waals surface area contributed by atoms with Crippen LogP contribution in [0.2, 0.25) is 0 Å². The SMILES string of the molecule is C=CCOC(=O)c1sc(N2C(=O)c3oc4ccc(F)cc4c(=O)c3C2c2ccc(OCCC)cc2)nc1C. The van der Waals surface area contributed by atoms with Crippen molar-refractivity contribution < 1.29 is 27.9 Å². The van der Waals surface area contributed by atoms with Gasteiger partial charge < -0.3 is 13.9 Å². The van der Waals surface area contributed by atoms with Crippen LogP contribution in [0.5, 0.6) is 5.75 Å². The molecule has 0 aliphatic carbocycles. The van der Waals surface area contributed by atoms with Gasteiger partial charge in [-0.1, -0.05) is 43.0 Å². The van der Waals surface area contributed by atoms with Gasteiger partial charge in [-0.15, -0.1) is 0 Å². The third-order valence-electron chi connectivity index (χ3n) is 6.01. The molecule has 3 heterocycles. The van der Waals surface area contributed by atoms with Crippen molar-refractivity contribution in [2.45, 2.75) is 26.3 Å². The minimum Gasteiger partial charge on any atom is -0.494 e. The summed E-state index contributed by atoms with van der Waals surface area (Å²) in [6, 6.07) is 9.64. The van der Waals surface area contributed by atoms with Gasteiger partial charge in [0.05, 0.1) is 29.3 Å². The molecule has 0 N–H and O–H groups in total. The second-order valence-corrected chi connectivity index (χ2v) is 9.59. The van der Waals surface area contributed by atoms with Gasteiger partial charge in [0.2, 0.25) is 5.76 Å². The number of aromatic nitrogens is 1. The number of nitrogens with zero attached hydrogens (tertiary/aromatic N) is 2. The van der Waals surface area contributed by atoms with Crippen LogP contribution in [-0.4, -0.2) is 30.1 Å². The number of thiazole rings is 1. The molecule has 8 nitrogen and oxygen atoms in total. The molecule has 0 saturated heterocycles. The van der Waals surface area contributed by atoms with Crippen LogP contribution in [-0.2, 0) is 4.74 Å². The third kappa shape index (κ3) is 4.37. The number of amides is 1. The van der Waals surface area contributed by atoms with Gasteiger partial charge in [0.15, 0.2) is 10.6 Å². The molecule has 0 bridgehead atoms. The van der Waals surface area contributed by atoms with Crippen LogP contribution in [0.4, 0.5) is 9.52 Å². The summed E-state index contributed by atoms with van der Waals surface area (Å²) in [6.07, 6.45) is 2.29. The maximum absolute atomic E-state index is 14.0. The van der Waals surface area contributed by atoms with E-state index in [0.717, 1.165) is 29.9 Å². The highest BCUT2D eigenvalue weighted by atomic mass is 32.1. The number of hydrogen-bond acceptors (Lipinski definition) is 8. The molecule has 194 valence electrons. The first-order valence-corrected chi connectivity index (χ1v) is 12.7. The summed E-state index contributed by atoms with van der Waals surface area (Å²) in [4.78, 5) is 46.0. The Bertz CT molecular complexity index is 1630. The molecule has 0 spiro atoms. The molecule has 4 aromatic rings. The van der Waals surface area contributed by atoms with E-state index in [0.29, 0.717) is 23.6 Å². The standard InChI is InChI=1S/C28H23FN2O6S/c1-4-12-35-18-9-6-16(7-10-18)22-21-23(32)19-14-17(29)8-11-20(19)37-24(21)26(33)31(22)28-30-15(3)25(38-28)27(34)36-13-5-2/h5-11,14,22H,2,4,12-13H2,1,3H3. The topological polar surface area (TPSA) is 98.9 Å². The lowest BCUT2D eigenvalue weighted by Crippen LogP contribution is -2.29. The molecule has 1 unspecified atom stereocenters. The van der Waals surface area contributed by atoms with Gasteiger partial charge in [-0.05, 0) is 49.2 Å². The summed E-state index contributed by atoms with van der Waals surface area (Å²) in [7, 11) is 0. The molecule has 5 rings (SSSR count). The predicted octanol–water partition coefficient (Wildman–Crippen LogP) is 5.58. The van der Waals surface area contributed by atoms with E-state index in [4.69, 9.17) is 13.9 Å². The van der Waals surface area contributed by atoms with Crippen LogP contribution in [0.15, 0.2) is 64.3 Å². The first-order valence-electron chi connectivity index (χ1n) is 11.9. The van der Waals surface area contributed by atoms with Crippen molar-refractivity contribution >= 4 is 39.3 Å². The van der Waals surface area contributed by atoms with Crippen LogP contribution in [0.1, 0.15) is 56.4 Å². The fourth-order valence-electron chi connectivity index (χ4n) is 4.30. The maximum atomic E-state index is 14.0. The Hall–Kier alpha value is -4.31. The summed E-state index contributed by atoms with van der Waals surface area (Å²) in [5.41, 5.74) is 0.603. The monoisotopic (exact) mass is 534 g/mol. The number of fused-ring (bicyclic) bond motifs is 2. The number of benzene rings is 2. The average Bonchev–Trinajstić information content (AvgIpc) is 3.44. The third-order valence-corrected chi connectivity index (χ3v) is 7.15. The number of carbonyl (C=O) groups excluding carboxylic acids is 2. The van der Waals surface area contributed by atoms with Crippen LogP contribution in [0, 0.1) is 12.7 Å². The Morgan fingerprint density at radius 2 is 2.00 bits per heavy atom. The summed E-state index contributed by atoms with van der Waals surface area (Å²) in [5, 5.41) is 0.214. The number of aryl methyl sites for hydroxylation is 1. The lowest BCUT2D eigenvalue weighted by Gasteiger charge is -2.22. The number of esters is 1. The van der Waals surface area contributed by atoms with Crippen molar-refractivity contribution in [3.05, 3.63) is 98.6 Å². The smallest absolute Gasteiger partial charge is 0.350 e. The van der Waals surface area contributed by atoms with Gasteiger partial charge in [0.1, 0.15) is 28.6 Å². The molecule has 0 fully saturated rings. The predicted molar refractivity (Wildman–Crippen MR) is 141 cm³/mol. The zero-order chi connectivity index (χ0) is 27.0. The molecule has 1 atom stereocenters. The van der Waals surface area contributed by atoms with Crippen molar-refractivity contribution in [2.24, 2.45) is 0 Å². The van der Waals surface area contributed by atoms with Gasteiger partial charge in [0.25, 0.3) is 5.91 Å². The van der Waals surface area contributed by atoms with Crippen molar-refractivity contribution in [3.8, 4) is 5.75 Å². The zero-order valence-electron chi connectivity index (χ0n) is 20.7. The normalized spacial score (nSPS) is 14.6. The van der Waals surface area contributed by atoms with Gasteiger partial charge in [-0.2, -0.15) is 0 Å². The van der Waals surface area contributed by atoms with E-state index in [9.17, 15) is 18.8 Å². The molecule has 2 aromatic carbocycles. The summed E-state index contributed by atoms with van der Waals surface area (Å²) in [6.45, 7) is 7.73. The highest BCUT2D eigenvalue weighted by Crippen LogP contribution is 2.43. The Labute approximate surface area is 220 Å². The van der Waals surface area contributed by atoms with Gasteiger partial charge >= 0.3 is 5.97 Å². The molecule has 10 heteroatoms.